The molecule has 4 nitrogen and oxygen atoms in total. The van der Waals surface area contributed by atoms with E-state index in [4.69, 9.17) is 0 Å². The smallest absolute Gasteiger partial charge is 0.319 e. The summed E-state index contributed by atoms with van der Waals surface area (Å²) in [4.78, 5) is 16.5. The van der Waals surface area contributed by atoms with E-state index in [-0.39, 0.29) is 6.03 Å². The highest BCUT2D eigenvalue weighted by molar-refractivity contribution is 5.93. The van der Waals surface area contributed by atoms with E-state index < -0.39 is 0 Å². The molecule has 0 spiro atoms. The van der Waals surface area contributed by atoms with E-state index in [1.807, 2.05) is 28.0 Å². The highest BCUT2D eigenvalue weighted by Gasteiger charge is 2.35. The number of rotatable bonds is 1. The molecule has 1 aromatic carbocycles. The number of anilines is 1. The fourth-order valence-electron chi connectivity index (χ4n) is 2.89. The molecule has 0 radical (unpaired) electrons. The number of piperazine rings is 1. The van der Waals surface area contributed by atoms with E-state index in [0.29, 0.717) is 6.04 Å². The topological polar surface area (TPSA) is 35.6 Å². The van der Waals surface area contributed by atoms with Crippen molar-refractivity contribution in [1.29, 1.82) is 0 Å². The van der Waals surface area contributed by atoms with Crippen molar-refractivity contribution in [3.05, 3.63) is 29.8 Å². The molecule has 3 rings (SSSR count). The predicted molar refractivity (Wildman–Crippen MR) is 71.9 cm³/mol. The molecule has 0 aromatic heterocycles. The summed E-state index contributed by atoms with van der Waals surface area (Å²) in [6.45, 7) is 5.56. The SMILES string of the molecule is Cc1ccccc1N1CCC2CNCCN2C1=O. The zero-order valence-corrected chi connectivity index (χ0v) is 10.7. The molecule has 18 heavy (non-hydrogen) atoms. The average Bonchev–Trinajstić information content (AvgIpc) is 2.41. The van der Waals surface area contributed by atoms with Gasteiger partial charge >= 0.3 is 6.03 Å². The lowest BCUT2D eigenvalue weighted by atomic mass is 10.1. The molecular weight excluding hydrogens is 226 g/mol. The van der Waals surface area contributed by atoms with E-state index in [2.05, 4.69) is 18.3 Å². The fraction of sp³-hybridized carbons (Fsp3) is 0.500. The van der Waals surface area contributed by atoms with Crippen molar-refractivity contribution in [2.45, 2.75) is 19.4 Å². The monoisotopic (exact) mass is 245 g/mol. The van der Waals surface area contributed by atoms with Crippen LogP contribution in [0, 0.1) is 6.92 Å². The van der Waals surface area contributed by atoms with Crippen molar-refractivity contribution in [2.24, 2.45) is 0 Å². The Morgan fingerprint density at radius 1 is 1.28 bits per heavy atom. The zero-order valence-electron chi connectivity index (χ0n) is 10.7. The lowest BCUT2D eigenvalue weighted by molar-refractivity contribution is 0.147. The third kappa shape index (κ3) is 1.86. The Morgan fingerprint density at radius 2 is 2.11 bits per heavy atom. The first-order chi connectivity index (χ1) is 8.77. The van der Waals surface area contributed by atoms with Crippen molar-refractivity contribution in [3.8, 4) is 0 Å². The van der Waals surface area contributed by atoms with Crippen LogP contribution in [0.5, 0.6) is 0 Å². The number of hydrogen-bond acceptors (Lipinski definition) is 2. The van der Waals surface area contributed by atoms with Crippen LogP contribution in [0.3, 0.4) is 0 Å². The molecular formula is C14H19N3O. The Labute approximate surface area is 108 Å². The highest BCUT2D eigenvalue weighted by atomic mass is 16.2. The van der Waals surface area contributed by atoms with Crippen LogP contribution in [0.4, 0.5) is 10.5 Å². The average molecular weight is 245 g/mol. The summed E-state index contributed by atoms with van der Waals surface area (Å²) < 4.78 is 0. The number of benzene rings is 1. The maximum Gasteiger partial charge on any atom is 0.324 e. The van der Waals surface area contributed by atoms with E-state index in [1.54, 1.807) is 0 Å². The third-order valence-electron chi connectivity index (χ3n) is 3.92. The first-order valence-electron chi connectivity index (χ1n) is 6.62. The largest absolute Gasteiger partial charge is 0.324 e. The van der Waals surface area contributed by atoms with Crippen LogP contribution < -0.4 is 10.2 Å². The Bertz CT molecular complexity index is 460. The van der Waals surface area contributed by atoms with Crippen molar-refractivity contribution in [2.75, 3.05) is 31.1 Å². The van der Waals surface area contributed by atoms with Crippen molar-refractivity contribution in [3.63, 3.8) is 0 Å². The van der Waals surface area contributed by atoms with Crippen molar-refractivity contribution >= 4 is 11.7 Å². The summed E-state index contributed by atoms with van der Waals surface area (Å²) in [5.41, 5.74) is 2.22. The van der Waals surface area contributed by atoms with Crippen molar-refractivity contribution < 1.29 is 4.79 Å². The van der Waals surface area contributed by atoms with Gasteiger partial charge in [0.15, 0.2) is 0 Å². The van der Waals surface area contributed by atoms with Gasteiger partial charge in [0.05, 0.1) is 0 Å². The minimum absolute atomic E-state index is 0.169. The molecule has 4 heteroatoms. The Hall–Kier alpha value is -1.55. The van der Waals surface area contributed by atoms with Crippen LogP contribution >= 0.6 is 0 Å². The Morgan fingerprint density at radius 3 is 2.94 bits per heavy atom. The summed E-state index contributed by atoms with van der Waals surface area (Å²) in [6, 6.07) is 8.66. The van der Waals surface area contributed by atoms with Gasteiger partial charge < -0.3 is 10.2 Å². The second-order valence-electron chi connectivity index (χ2n) is 5.06. The minimum atomic E-state index is 0.169. The van der Waals surface area contributed by atoms with Crippen LogP contribution in [0.15, 0.2) is 24.3 Å². The fourth-order valence-corrected chi connectivity index (χ4v) is 2.89. The van der Waals surface area contributed by atoms with Crippen molar-refractivity contribution in [1.82, 2.24) is 10.2 Å². The van der Waals surface area contributed by atoms with Gasteiger partial charge in [-0.15, -0.1) is 0 Å². The number of aryl methyl sites for hydroxylation is 1. The quantitative estimate of drug-likeness (QED) is 0.815. The standard InChI is InChI=1S/C14H19N3O/c1-11-4-2-3-5-13(11)17-8-6-12-10-15-7-9-16(12)14(17)18/h2-5,12,15H,6-10H2,1H3. The first-order valence-corrected chi connectivity index (χ1v) is 6.62. The second kappa shape index (κ2) is 4.61. The molecule has 1 aromatic rings. The number of para-hydroxylation sites is 1. The lowest BCUT2D eigenvalue weighted by Crippen LogP contribution is -2.61. The molecule has 1 unspecified atom stereocenters. The van der Waals surface area contributed by atoms with Gasteiger partial charge in [-0.1, -0.05) is 18.2 Å². The van der Waals surface area contributed by atoms with Gasteiger partial charge in [0.2, 0.25) is 0 Å². The highest BCUT2D eigenvalue weighted by Crippen LogP contribution is 2.26. The van der Waals surface area contributed by atoms with Crippen LogP contribution in [0.25, 0.3) is 0 Å². The summed E-state index contributed by atoms with van der Waals surface area (Å²) >= 11 is 0. The molecule has 0 bridgehead atoms. The number of amides is 2. The molecule has 2 fully saturated rings. The van der Waals surface area contributed by atoms with E-state index >= 15 is 0 Å². The molecule has 2 heterocycles. The molecule has 2 aliphatic rings. The van der Waals surface area contributed by atoms with Gasteiger partial charge in [-0.3, -0.25) is 4.90 Å². The van der Waals surface area contributed by atoms with Crippen LogP contribution in [-0.4, -0.2) is 43.2 Å². The van der Waals surface area contributed by atoms with E-state index in [1.165, 1.54) is 5.56 Å². The normalized spacial score (nSPS) is 24.1. The predicted octanol–water partition coefficient (Wildman–Crippen LogP) is 1.60. The molecule has 0 saturated carbocycles. The minimum Gasteiger partial charge on any atom is -0.319 e. The van der Waals surface area contributed by atoms with Crippen LogP contribution in [0.1, 0.15) is 12.0 Å². The van der Waals surface area contributed by atoms with Gasteiger partial charge in [-0.05, 0) is 25.0 Å². The summed E-state index contributed by atoms with van der Waals surface area (Å²) in [6.07, 6.45) is 1.05. The number of hydrogen-bond donors (Lipinski definition) is 1. The molecule has 2 amide bonds. The number of urea groups is 1. The molecule has 1 N–H and O–H groups in total. The Kier molecular flexibility index (Phi) is 2.96. The molecule has 2 saturated heterocycles. The Balaban J connectivity index is 1.86. The van der Waals surface area contributed by atoms with Gasteiger partial charge in [-0.2, -0.15) is 0 Å². The summed E-state index contributed by atoms with van der Waals surface area (Å²) in [5, 5.41) is 3.36. The summed E-state index contributed by atoms with van der Waals surface area (Å²) in [5.74, 6) is 0. The molecule has 2 aliphatic heterocycles. The molecule has 96 valence electrons. The zero-order chi connectivity index (χ0) is 12.5. The lowest BCUT2D eigenvalue weighted by Gasteiger charge is -2.44. The maximum absolute atomic E-state index is 12.5. The number of nitrogens with zero attached hydrogens (tertiary/aromatic N) is 2. The van der Waals surface area contributed by atoms with Crippen LogP contribution in [-0.2, 0) is 0 Å². The number of carbonyl (C=O) groups excluding carboxylic acids is 1. The molecule has 0 aliphatic carbocycles. The summed E-state index contributed by atoms with van der Waals surface area (Å²) in [7, 11) is 0. The number of carbonyl (C=O) groups is 1. The maximum atomic E-state index is 12.5. The third-order valence-corrected chi connectivity index (χ3v) is 3.92. The van der Waals surface area contributed by atoms with Gasteiger partial charge in [0.1, 0.15) is 0 Å². The van der Waals surface area contributed by atoms with E-state index in [9.17, 15) is 4.79 Å². The van der Waals surface area contributed by atoms with Crippen LogP contribution in [0.2, 0.25) is 0 Å². The van der Waals surface area contributed by atoms with Gasteiger partial charge in [-0.25, -0.2) is 4.79 Å². The van der Waals surface area contributed by atoms with E-state index in [0.717, 1.165) is 38.3 Å². The second-order valence-corrected chi connectivity index (χ2v) is 5.06. The van der Waals surface area contributed by atoms with Gasteiger partial charge in [0, 0.05) is 37.9 Å². The first kappa shape index (κ1) is 11.5. The molecule has 1 atom stereocenters. The number of nitrogens with one attached hydrogen (secondary N) is 1. The number of fused-ring (bicyclic) bond motifs is 1. The van der Waals surface area contributed by atoms with Gasteiger partial charge in [0.25, 0.3) is 0 Å².